The third-order valence-electron chi connectivity index (χ3n) is 2.44. The number of benzene rings is 1. The molecule has 0 bridgehead atoms. The molecule has 3 nitrogen and oxygen atoms in total. The van der Waals surface area contributed by atoms with E-state index in [1.54, 1.807) is 12.3 Å². The first-order valence-electron chi connectivity index (χ1n) is 5.64. The monoisotopic (exact) mass is 248 g/mol. The van der Waals surface area contributed by atoms with Gasteiger partial charge in [0.05, 0.1) is 0 Å². The summed E-state index contributed by atoms with van der Waals surface area (Å²) in [6.45, 7) is 0.517. The number of hydrogen-bond acceptors (Lipinski definition) is 2. The molecule has 1 aromatic carbocycles. The zero-order valence-corrected chi connectivity index (χ0v) is 10.4. The van der Waals surface area contributed by atoms with Crippen LogP contribution in [-0.4, -0.2) is 11.6 Å². The second-order valence-electron chi connectivity index (χ2n) is 3.73. The predicted molar refractivity (Wildman–Crippen MR) is 68.7 cm³/mol. The quantitative estimate of drug-likeness (QED) is 0.630. The molecule has 0 aliphatic heterocycles. The highest BCUT2D eigenvalue weighted by atomic mass is 31.1. The summed E-state index contributed by atoms with van der Waals surface area (Å²) in [5.74, 6) is 0. The molecule has 0 amide bonds. The third-order valence-corrected chi connectivity index (χ3v) is 3.53. The Morgan fingerprint density at radius 2 is 1.94 bits per heavy atom. The van der Waals surface area contributed by atoms with E-state index in [0.717, 1.165) is 12.8 Å². The lowest BCUT2D eigenvalue weighted by atomic mass is 10.1. The van der Waals surface area contributed by atoms with Crippen LogP contribution in [0.5, 0.6) is 0 Å². The Hall–Kier alpha value is -1.44. The fourth-order valence-electron chi connectivity index (χ4n) is 1.57. The molecule has 0 aliphatic carbocycles. The average Bonchev–Trinajstić information content (AvgIpc) is 2.89. The third kappa shape index (κ3) is 3.81. The van der Waals surface area contributed by atoms with E-state index in [9.17, 15) is 4.57 Å². The molecule has 1 atom stereocenters. The molecule has 2 aromatic rings. The molecule has 0 radical (unpaired) electrons. The van der Waals surface area contributed by atoms with Crippen LogP contribution in [0.15, 0.2) is 48.7 Å². The first-order valence-corrected chi connectivity index (χ1v) is 6.81. The summed E-state index contributed by atoms with van der Waals surface area (Å²) in [6.07, 6.45) is 3.58. The van der Waals surface area contributed by atoms with Gasteiger partial charge in [-0.15, -0.1) is 4.52 Å². The highest BCUT2D eigenvalue weighted by Crippen LogP contribution is 2.20. The number of nitrogens with one attached hydrogen (secondary N) is 1. The van der Waals surface area contributed by atoms with Gasteiger partial charge in [-0.1, -0.05) is 30.3 Å². The Kier molecular flexibility index (Phi) is 4.48. The fourth-order valence-corrected chi connectivity index (χ4v) is 2.39. The van der Waals surface area contributed by atoms with Crippen molar-refractivity contribution in [1.82, 2.24) is 4.98 Å². The lowest BCUT2D eigenvalue weighted by Gasteiger charge is -1.97. The molecule has 1 N–H and O–H groups in total. The molecule has 1 unspecified atom stereocenters. The van der Waals surface area contributed by atoms with Crippen molar-refractivity contribution in [2.24, 2.45) is 0 Å². The van der Waals surface area contributed by atoms with Gasteiger partial charge in [-0.3, -0.25) is 0 Å². The van der Waals surface area contributed by atoms with Crippen molar-refractivity contribution in [2.45, 2.75) is 12.8 Å². The van der Waals surface area contributed by atoms with E-state index in [4.69, 9.17) is 4.52 Å². The summed E-state index contributed by atoms with van der Waals surface area (Å²) >= 11 is 0. The highest BCUT2D eigenvalue weighted by Gasteiger charge is 2.22. The van der Waals surface area contributed by atoms with Crippen LogP contribution in [0.2, 0.25) is 0 Å². The molecule has 0 spiro atoms. The van der Waals surface area contributed by atoms with Crippen molar-refractivity contribution in [3.05, 3.63) is 54.2 Å². The van der Waals surface area contributed by atoms with Crippen molar-refractivity contribution >= 4 is 13.5 Å². The van der Waals surface area contributed by atoms with Crippen molar-refractivity contribution in [3.8, 4) is 0 Å². The van der Waals surface area contributed by atoms with E-state index in [1.807, 2.05) is 24.3 Å². The molecule has 88 valence electrons. The SMILES string of the molecule is O=[P+](OCCCc1ccccc1)c1ccc[nH]1. The maximum Gasteiger partial charge on any atom is 0.567 e. The van der Waals surface area contributed by atoms with Crippen LogP contribution in [0.1, 0.15) is 12.0 Å². The van der Waals surface area contributed by atoms with Gasteiger partial charge in [-0.25, -0.2) is 0 Å². The van der Waals surface area contributed by atoms with Gasteiger partial charge in [0.2, 0.25) is 0 Å². The van der Waals surface area contributed by atoms with Gasteiger partial charge in [-0.2, -0.15) is 0 Å². The molecule has 2 rings (SSSR count). The first kappa shape index (κ1) is 12.0. The van der Waals surface area contributed by atoms with Crippen LogP contribution >= 0.6 is 8.03 Å². The van der Waals surface area contributed by atoms with E-state index >= 15 is 0 Å². The van der Waals surface area contributed by atoms with Crippen LogP contribution in [0.3, 0.4) is 0 Å². The highest BCUT2D eigenvalue weighted by molar-refractivity contribution is 7.48. The predicted octanol–water partition coefficient (Wildman–Crippen LogP) is 3.03. The Morgan fingerprint density at radius 3 is 2.65 bits per heavy atom. The number of aryl methyl sites for hydroxylation is 1. The first-order chi connectivity index (χ1) is 8.36. The van der Waals surface area contributed by atoms with E-state index in [0.29, 0.717) is 12.0 Å². The Balaban J connectivity index is 1.69. The molecular formula is C13H15NO2P+. The van der Waals surface area contributed by atoms with Crippen molar-refractivity contribution in [3.63, 3.8) is 0 Å². The minimum absolute atomic E-state index is 0.517. The van der Waals surface area contributed by atoms with Crippen molar-refractivity contribution in [1.29, 1.82) is 0 Å². The molecule has 1 aromatic heterocycles. The van der Waals surface area contributed by atoms with E-state index in [2.05, 4.69) is 17.1 Å². The summed E-state index contributed by atoms with van der Waals surface area (Å²) < 4.78 is 16.9. The molecule has 0 aliphatic rings. The minimum atomic E-state index is -1.72. The van der Waals surface area contributed by atoms with Gasteiger partial charge in [0.15, 0.2) is 0 Å². The lowest BCUT2D eigenvalue weighted by Crippen LogP contribution is -2.00. The second-order valence-corrected chi connectivity index (χ2v) is 4.99. The zero-order chi connectivity index (χ0) is 11.9. The lowest BCUT2D eigenvalue weighted by molar-refractivity contribution is 0.328. The van der Waals surface area contributed by atoms with Gasteiger partial charge in [-0.05, 0) is 29.0 Å². The molecule has 4 heteroatoms. The second kappa shape index (κ2) is 6.33. The van der Waals surface area contributed by atoms with Gasteiger partial charge < -0.3 is 4.98 Å². The fraction of sp³-hybridized carbons (Fsp3) is 0.231. The molecule has 1 heterocycles. The van der Waals surface area contributed by atoms with Crippen LogP contribution < -0.4 is 5.44 Å². The molecule has 0 saturated carbocycles. The van der Waals surface area contributed by atoms with Crippen molar-refractivity contribution in [2.75, 3.05) is 6.61 Å². The van der Waals surface area contributed by atoms with Gasteiger partial charge >= 0.3 is 8.03 Å². The number of hydrogen-bond donors (Lipinski definition) is 1. The number of aromatic amines is 1. The van der Waals surface area contributed by atoms with E-state index in [-0.39, 0.29) is 0 Å². The topological polar surface area (TPSA) is 42.1 Å². The maximum absolute atomic E-state index is 11.6. The van der Waals surface area contributed by atoms with Crippen LogP contribution in [0.4, 0.5) is 0 Å². The van der Waals surface area contributed by atoms with E-state index < -0.39 is 8.03 Å². The molecule has 0 fully saturated rings. The Labute approximate surface area is 102 Å². The normalized spacial score (nSPS) is 11.4. The summed E-state index contributed by atoms with van der Waals surface area (Å²) in [6, 6.07) is 13.8. The summed E-state index contributed by atoms with van der Waals surface area (Å²) in [4.78, 5) is 2.89. The van der Waals surface area contributed by atoms with Crippen molar-refractivity contribution < 1.29 is 9.09 Å². The standard InChI is InChI=1S/C13H15NO2P/c15-17(13-9-4-10-14-13)16-11-5-8-12-6-2-1-3-7-12/h1-4,6-7,9-10,14H,5,8,11H2/q+1. The number of aromatic nitrogens is 1. The largest absolute Gasteiger partial charge is 0.567 e. The molecular weight excluding hydrogens is 233 g/mol. The van der Waals surface area contributed by atoms with Crippen LogP contribution in [0.25, 0.3) is 0 Å². The average molecular weight is 248 g/mol. The summed E-state index contributed by atoms with van der Waals surface area (Å²) in [5.41, 5.74) is 1.94. The smallest absolute Gasteiger partial charge is 0.322 e. The van der Waals surface area contributed by atoms with Crippen LogP contribution in [-0.2, 0) is 15.5 Å². The number of H-pyrrole nitrogens is 1. The zero-order valence-electron chi connectivity index (χ0n) is 9.50. The minimum Gasteiger partial charge on any atom is -0.322 e. The van der Waals surface area contributed by atoms with Gasteiger partial charge in [0.25, 0.3) is 5.44 Å². The molecule has 0 saturated heterocycles. The summed E-state index contributed by atoms with van der Waals surface area (Å²) in [5, 5.41) is 0. The Bertz CT molecular complexity index is 454. The van der Waals surface area contributed by atoms with Crippen LogP contribution in [0, 0.1) is 0 Å². The van der Waals surface area contributed by atoms with Gasteiger partial charge in [0, 0.05) is 12.3 Å². The van der Waals surface area contributed by atoms with E-state index in [1.165, 1.54) is 5.56 Å². The Morgan fingerprint density at radius 1 is 1.12 bits per heavy atom. The molecule has 17 heavy (non-hydrogen) atoms. The maximum atomic E-state index is 11.6. The summed E-state index contributed by atoms with van der Waals surface area (Å²) in [7, 11) is -1.72. The number of rotatable bonds is 6. The van der Waals surface area contributed by atoms with Gasteiger partial charge in [0.1, 0.15) is 6.61 Å².